The Morgan fingerprint density at radius 3 is 2.78 bits per heavy atom. The second-order valence-corrected chi connectivity index (χ2v) is 5.02. The minimum Gasteiger partial charge on any atom is -0.433 e. The van der Waals surface area contributed by atoms with Gasteiger partial charge < -0.3 is 9.64 Å². The Morgan fingerprint density at radius 1 is 1.50 bits per heavy atom. The summed E-state index contributed by atoms with van der Waals surface area (Å²) in [6.45, 7) is -2.60. The first-order valence-electron chi connectivity index (χ1n) is 5.20. The number of benzene rings is 1. The molecule has 1 atom stereocenters. The smallest absolute Gasteiger partial charge is 0.387 e. The fraction of sp³-hybridized carbons (Fsp3) is 0.364. The minimum atomic E-state index is -2.95. The van der Waals surface area contributed by atoms with Crippen LogP contribution in [0.2, 0.25) is 5.02 Å². The molecule has 1 saturated heterocycles. The molecule has 1 aromatic rings. The van der Waals surface area contributed by atoms with Crippen LogP contribution in [0.3, 0.4) is 0 Å². The zero-order chi connectivity index (χ0) is 13.3. The predicted molar refractivity (Wildman–Crippen MR) is 67.8 cm³/mol. The van der Waals surface area contributed by atoms with E-state index in [0.29, 0.717) is 11.6 Å². The van der Waals surface area contributed by atoms with Gasteiger partial charge in [0.05, 0.1) is 5.69 Å². The van der Waals surface area contributed by atoms with E-state index < -0.39 is 6.61 Å². The summed E-state index contributed by atoms with van der Waals surface area (Å²) in [4.78, 5) is 13.1. The molecule has 1 amide bonds. The summed E-state index contributed by atoms with van der Waals surface area (Å²) in [5, 5.41) is 0.234. The quantitative estimate of drug-likeness (QED) is 0.868. The molecule has 0 saturated carbocycles. The molecular formula is C11H10ClF2NO2S. The SMILES string of the molecule is O=C1CC(S)CN1c1cc(Cl)ccc1OC(F)F. The van der Waals surface area contributed by atoms with Gasteiger partial charge in [-0.1, -0.05) is 11.6 Å². The average molecular weight is 294 g/mol. The second kappa shape index (κ2) is 5.32. The summed E-state index contributed by atoms with van der Waals surface area (Å²) < 4.78 is 29.0. The van der Waals surface area contributed by atoms with Crippen molar-refractivity contribution in [2.24, 2.45) is 0 Å². The van der Waals surface area contributed by atoms with Crippen LogP contribution in [0, 0.1) is 0 Å². The number of hydrogen-bond acceptors (Lipinski definition) is 3. The number of alkyl halides is 2. The number of amides is 1. The van der Waals surface area contributed by atoms with Gasteiger partial charge in [-0.05, 0) is 18.2 Å². The molecule has 0 bridgehead atoms. The predicted octanol–water partition coefficient (Wildman–Crippen LogP) is 2.98. The lowest BCUT2D eigenvalue weighted by atomic mass is 10.2. The number of ether oxygens (including phenoxy) is 1. The molecule has 0 radical (unpaired) electrons. The maximum absolute atomic E-state index is 12.3. The normalized spacial score (nSPS) is 19.7. The number of thiol groups is 1. The highest BCUT2D eigenvalue weighted by molar-refractivity contribution is 7.81. The highest BCUT2D eigenvalue weighted by atomic mass is 35.5. The van der Waals surface area contributed by atoms with Crippen LogP contribution in [0.1, 0.15) is 6.42 Å². The number of hydrogen-bond donors (Lipinski definition) is 1. The van der Waals surface area contributed by atoms with Gasteiger partial charge in [0.2, 0.25) is 5.91 Å². The molecule has 0 aromatic heterocycles. The average Bonchev–Trinajstić information content (AvgIpc) is 2.60. The van der Waals surface area contributed by atoms with Crippen molar-refractivity contribution in [2.45, 2.75) is 18.3 Å². The lowest BCUT2D eigenvalue weighted by Gasteiger charge is -2.20. The van der Waals surface area contributed by atoms with Crippen molar-refractivity contribution in [2.75, 3.05) is 11.4 Å². The van der Waals surface area contributed by atoms with E-state index in [1.807, 2.05) is 0 Å². The third-order valence-electron chi connectivity index (χ3n) is 2.53. The monoisotopic (exact) mass is 293 g/mol. The maximum Gasteiger partial charge on any atom is 0.387 e. The van der Waals surface area contributed by atoms with E-state index in [1.54, 1.807) is 0 Å². The Hall–Kier alpha value is -1.01. The van der Waals surface area contributed by atoms with Crippen LogP contribution >= 0.6 is 24.2 Å². The van der Waals surface area contributed by atoms with Crippen molar-refractivity contribution < 1.29 is 18.3 Å². The molecule has 0 spiro atoms. The topological polar surface area (TPSA) is 29.5 Å². The largest absolute Gasteiger partial charge is 0.433 e. The zero-order valence-electron chi connectivity index (χ0n) is 9.15. The third-order valence-corrected chi connectivity index (χ3v) is 3.11. The van der Waals surface area contributed by atoms with E-state index >= 15 is 0 Å². The van der Waals surface area contributed by atoms with Crippen molar-refractivity contribution in [3.05, 3.63) is 23.2 Å². The Bertz CT molecular complexity index is 472. The van der Waals surface area contributed by atoms with Crippen molar-refractivity contribution in [1.82, 2.24) is 0 Å². The first-order valence-corrected chi connectivity index (χ1v) is 6.09. The van der Waals surface area contributed by atoms with Gasteiger partial charge in [0.25, 0.3) is 0 Å². The van der Waals surface area contributed by atoms with Crippen LogP contribution in [-0.4, -0.2) is 24.3 Å². The minimum absolute atomic E-state index is 0.0646. The van der Waals surface area contributed by atoms with E-state index in [4.69, 9.17) is 11.6 Å². The molecule has 1 aromatic carbocycles. The molecule has 18 heavy (non-hydrogen) atoms. The zero-order valence-corrected chi connectivity index (χ0v) is 10.8. The Kier molecular flexibility index (Phi) is 3.97. The molecule has 1 heterocycles. The molecule has 1 fully saturated rings. The lowest BCUT2D eigenvalue weighted by Crippen LogP contribution is -2.25. The van der Waals surface area contributed by atoms with Crippen molar-refractivity contribution in [3.63, 3.8) is 0 Å². The fourth-order valence-electron chi connectivity index (χ4n) is 1.82. The Morgan fingerprint density at radius 2 is 2.22 bits per heavy atom. The number of nitrogens with zero attached hydrogens (tertiary/aromatic N) is 1. The van der Waals surface area contributed by atoms with Gasteiger partial charge in [0.1, 0.15) is 5.75 Å². The first-order chi connectivity index (χ1) is 8.47. The van der Waals surface area contributed by atoms with E-state index in [9.17, 15) is 13.6 Å². The highest BCUT2D eigenvalue weighted by Crippen LogP contribution is 2.35. The molecule has 98 valence electrons. The summed E-state index contributed by atoms with van der Waals surface area (Å²) in [7, 11) is 0. The van der Waals surface area contributed by atoms with Crippen molar-refractivity contribution in [1.29, 1.82) is 0 Å². The second-order valence-electron chi connectivity index (χ2n) is 3.85. The summed E-state index contributed by atoms with van der Waals surface area (Å²) in [6, 6.07) is 4.19. The van der Waals surface area contributed by atoms with Gasteiger partial charge in [-0.2, -0.15) is 21.4 Å². The highest BCUT2D eigenvalue weighted by Gasteiger charge is 2.30. The molecule has 1 unspecified atom stereocenters. The van der Waals surface area contributed by atoms with Crippen LogP contribution in [0.15, 0.2) is 18.2 Å². The Labute approximate surface area is 113 Å². The summed E-state index contributed by atoms with van der Waals surface area (Å²) in [6.07, 6.45) is 0.268. The molecule has 1 aliphatic heterocycles. The third kappa shape index (κ3) is 2.87. The standard InChI is InChI=1S/C11H10ClF2NO2S/c12-6-1-2-9(17-11(13)14)8(3-6)15-5-7(18)4-10(15)16/h1-3,7,11,18H,4-5H2. The van der Waals surface area contributed by atoms with Gasteiger partial charge in [0, 0.05) is 23.2 Å². The van der Waals surface area contributed by atoms with Crippen LogP contribution < -0.4 is 9.64 Å². The van der Waals surface area contributed by atoms with Crippen LogP contribution in [0.5, 0.6) is 5.75 Å². The maximum atomic E-state index is 12.3. The fourth-order valence-corrected chi connectivity index (χ4v) is 2.30. The van der Waals surface area contributed by atoms with Gasteiger partial charge in [-0.15, -0.1) is 0 Å². The number of carbonyl (C=O) groups is 1. The summed E-state index contributed by atoms with van der Waals surface area (Å²) >= 11 is 10.0. The van der Waals surface area contributed by atoms with Crippen LogP contribution in [-0.2, 0) is 4.79 Å². The van der Waals surface area contributed by atoms with Gasteiger partial charge >= 0.3 is 6.61 Å². The van der Waals surface area contributed by atoms with Gasteiger partial charge in [-0.3, -0.25) is 4.79 Å². The summed E-state index contributed by atoms with van der Waals surface area (Å²) in [5.74, 6) is -0.249. The molecular weight excluding hydrogens is 284 g/mol. The van der Waals surface area contributed by atoms with E-state index in [0.717, 1.165) is 0 Å². The molecule has 0 aliphatic carbocycles. The first kappa shape index (κ1) is 13.4. The molecule has 3 nitrogen and oxygen atoms in total. The van der Waals surface area contributed by atoms with E-state index in [1.165, 1.54) is 23.1 Å². The van der Waals surface area contributed by atoms with Crippen LogP contribution in [0.25, 0.3) is 0 Å². The number of rotatable bonds is 3. The molecule has 0 N–H and O–H groups in total. The Balaban J connectivity index is 2.35. The number of carbonyl (C=O) groups excluding carboxylic acids is 1. The van der Waals surface area contributed by atoms with E-state index in [-0.39, 0.29) is 29.0 Å². The van der Waals surface area contributed by atoms with Gasteiger partial charge in [-0.25, -0.2) is 0 Å². The molecule has 2 rings (SSSR count). The van der Waals surface area contributed by atoms with E-state index in [2.05, 4.69) is 17.4 Å². The molecule has 7 heteroatoms. The molecule has 1 aliphatic rings. The number of halogens is 3. The van der Waals surface area contributed by atoms with Crippen molar-refractivity contribution in [3.8, 4) is 5.75 Å². The van der Waals surface area contributed by atoms with Crippen LogP contribution in [0.4, 0.5) is 14.5 Å². The van der Waals surface area contributed by atoms with Gasteiger partial charge in [0.15, 0.2) is 0 Å². The summed E-state index contributed by atoms with van der Waals surface area (Å²) in [5.41, 5.74) is 0.254. The van der Waals surface area contributed by atoms with Crippen molar-refractivity contribution >= 4 is 35.8 Å². The lowest BCUT2D eigenvalue weighted by molar-refractivity contribution is -0.117. The number of anilines is 1.